The third-order valence-electron chi connectivity index (χ3n) is 2.48. The average Bonchev–Trinajstić information content (AvgIpc) is 2.35. The lowest BCUT2D eigenvalue weighted by Gasteiger charge is -2.09. The molecule has 0 atom stereocenters. The van der Waals surface area contributed by atoms with Crippen molar-refractivity contribution in [3.63, 3.8) is 0 Å². The predicted molar refractivity (Wildman–Crippen MR) is 77.2 cm³/mol. The van der Waals surface area contributed by atoms with Crippen LogP contribution in [-0.4, -0.2) is 19.7 Å². The molecule has 5 heteroatoms. The Morgan fingerprint density at radius 1 is 1.39 bits per heavy atom. The molecule has 0 bridgehead atoms. The lowest BCUT2D eigenvalue weighted by molar-refractivity contribution is 0.252. The van der Waals surface area contributed by atoms with Crippen molar-refractivity contribution in [2.24, 2.45) is 0 Å². The second-order valence-electron chi connectivity index (χ2n) is 3.94. The summed E-state index contributed by atoms with van der Waals surface area (Å²) in [6.07, 6.45) is 3.29. The molecule has 0 aliphatic heterocycles. The third-order valence-corrected chi connectivity index (χ3v) is 3.10. The Bertz CT molecular complexity index is 397. The molecule has 0 saturated carbocycles. The van der Waals surface area contributed by atoms with Crippen LogP contribution in [0.1, 0.15) is 26.2 Å². The number of halogens is 1. The molecule has 1 aromatic rings. The number of unbranched alkanes of at least 4 members (excludes halogenated alkanes) is 2. The molecule has 4 nitrogen and oxygen atoms in total. The molecular formula is C13H19BrN2O2. The summed E-state index contributed by atoms with van der Waals surface area (Å²) < 4.78 is 5.94. The van der Waals surface area contributed by atoms with Gasteiger partial charge in [0.25, 0.3) is 0 Å². The second kappa shape index (κ2) is 7.97. The summed E-state index contributed by atoms with van der Waals surface area (Å²) in [6, 6.07) is 5.24. The highest BCUT2D eigenvalue weighted by Gasteiger charge is 2.04. The number of anilines is 1. The van der Waals surface area contributed by atoms with Crippen molar-refractivity contribution < 1.29 is 9.53 Å². The average molecular weight is 315 g/mol. The standard InChI is InChI=1S/C13H19BrN2O2/c1-3-4-5-8-15-13(17)16-10-6-7-12(18-2)11(14)9-10/h6-7,9H,3-5,8H2,1-2H3,(H2,15,16,17). The Morgan fingerprint density at radius 2 is 2.17 bits per heavy atom. The number of urea groups is 1. The van der Waals surface area contributed by atoms with Crippen molar-refractivity contribution >= 4 is 27.6 Å². The lowest BCUT2D eigenvalue weighted by atomic mass is 10.2. The van der Waals surface area contributed by atoms with Crippen molar-refractivity contribution in [2.75, 3.05) is 19.0 Å². The Labute approximate surface area is 116 Å². The van der Waals surface area contributed by atoms with E-state index in [-0.39, 0.29) is 6.03 Å². The van der Waals surface area contributed by atoms with Crippen LogP contribution in [0.4, 0.5) is 10.5 Å². The summed E-state index contributed by atoms with van der Waals surface area (Å²) in [5.41, 5.74) is 0.732. The smallest absolute Gasteiger partial charge is 0.319 e. The quantitative estimate of drug-likeness (QED) is 0.785. The van der Waals surface area contributed by atoms with Crippen LogP contribution >= 0.6 is 15.9 Å². The van der Waals surface area contributed by atoms with E-state index in [0.717, 1.165) is 35.2 Å². The molecule has 0 aromatic heterocycles. The fourth-order valence-electron chi connectivity index (χ4n) is 1.50. The van der Waals surface area contributed by atoms with Crippen LogP contribution < -0.4 is 15.4 Å². The summed E-state index contributed by atoms with van der Waals surface area (Å²) in [5.74, 6) is 0.740. The van der Waals surface area contributed by atoms with Gasteiger partial charge < -0.3 is 15.4 Å². The summed E-state index contributed by atoms with van der Waals surface area (Å²) in [4.78, 5) is 11.6. The Balaban J connectivity index is 2.42. The maximum absolute atomic E-state index is 11.6. The molecule has 1 rings (SSSR count). The van der Waals surface area contributed by atoms with Crippen LogP contribution in [0.25, 0.3) is 0 Å². The first-order valence-corrected chi connectivity index (χ1v) is 6.85. The van der Waals surface area contributed by atoms with Crippen molar-refractivity contribution in [2.45, 2.75) is 26.2 Å². The minimum atomic E-state index is -0.178. The highest BCUT2D eigenvalue weighted by molar-refractivity contribution is 9.10. The van der Waals surface area contributed by atoms with E-state index < -0.39 is 0 Å². The number of methoxy groups -OCH3 is 1. The lowest BCUT2D eigenvalue weighted by Crippen LogP contribution is -2.29. The van der Waals surface area contributed by atoms with Crippen molar-refractivity contribution in [1.29, 1.82) is 0 Å². The third kappa shape index (κ3) is 4.96. The number of nitrogens with one attached hydrogen (secondary N) is 2. The first-order chi connectivity index (χ1) is 8.67. The van der Waals surface area contributed by atoms with E-state index in [9.17, 15) is 4.79 Å². The van der Waals surface area contributed by atoms with Gasteiger partial charge in [0.2, 0.25) is 0 Å². The molecule has 0 unspecified atom stereocenters. The molecule has 2 N–H and O–H groups in total. The van der Waals surface area contributed by atoms with E-state index in [2.05, 4.69) is 33.5 Å². The van der Waals surface area contributed by atoms with Gasteiger partial charge in [0.15, 0.2) is 0 Å². The number of ether oxygens (including phenoxy) is 1. The number of carbonyl (C=O) groups is 1. The second-order valence-corrected chi connectivity index (χ2v) is 4.79. The number of hydrogen-bond donors (Lipinski definition) is 2. The van der Waals surface area contributed by atoms with Gasteiger partial charge in [0, 0.05) is 12.2 Å². The van der Waals surface area contributed by atoms with Gasteiger partial charge >= 0.3 is 6.03 Å². The SMILES string of the molecule is CCCCCNC(=O)Nc1ccc(OC)c(Br)c1. The van der Waals surface area contributed by atoms with Crippen LogP contribution in [0.2, 0.25) is 0 Å². The first-order valence-electron chi connectivity index (χ1n) is 6.05. The predicted octanol–water partition coefficient (Wildman–Crippen LogP) is 3.77. The number of hydrogen-bond acceptors (Lipinski definition) is 2. The molecule has 100 valence electrons. The van der Waals surface area contributed by atoms with Gasteiger partial charge in [-0.05, 0) is 40.5 Å². The maximum Gasteiger partial charge on any atom is 0.319 e. The molecule has 2 amide bonds. The van der Waals surface area contributed by atoms with Crippen LogP contribution in [0.15, 0.2) is 22.7 Å². The maximum atomic E-state index is 11.6. The Kier molecular flexibility index (Phi) is 6.57. The van der Waals surface area contributed by atoms with E-state index in [4.69, 9.17) is 4.74 Å². The molecule has 18 heavy (non-hydrogen) atoms. The molecule has 0 spiro atoms. The fourth-order valence-corrected chi connectivity index (χ4v) is 2.04. The topological polar surface area (TPSA) is 50.4 Å². The fraction of sp³-hybridized carbons (Fsp3) is 0.462. The van der Waals surface area contributed by atoms with Gasteiger partial charge in [-0.2, -0.15) is 0 Å². The monoisotopic (exact) mass is 314 g/mol. The van der Waals surface area contributed by atoms with Crippen molar-refractivity contribution in [1.82, 2.24) is 5.32 Å². The van der Waals surface area contributed by atoms with Crippen LogP contribution in [0, 0.1) is 0 Å². The largest absolute Gasteiger partial charge is 0.496 e. The summed E-state index contributed by atoms with van der Waals surface area (Å²) in [5, 5.41) is 5.59. The molecule has 0 radical (unpaired) electrons. The van der Waals surface area contributed by atoms with E-state index in [0.29, 0.717) is 6.54 Å². The van der Waals surface area contributed by atoms with E-state index in [1.165, 1.54) is 0 Å². The Morgan fingerprint density at radius 3 is 2.78 bits per heavy atom. The van der Waals surface area contributed by atoms with Crippen LogP contribution in [0.5, 0.6) is 5.75 Å². The molecule has 0 aliphatic carbocycles. The highest BCUT2D eigenvalue weighted by Crippen LogP contribution is 2.27. The van der Waals surface area contributed by atoms with E-state index in [1.807, 2.05) is 6.07 Å². The van der Waals surface area contributed by atoms with Crippen LogP contribution in [-0.2, 0) is 0 Å². The summed E-state index contributed by atoms with van der Waals surface area (Å²) in [7, 11) is 1.60. The number of benzene rings is 1. The minimum absolute atomic E-state index is 0.178. The highest BCUT2D eigenvalue weighted by atomic mass is 79.9. The zero-order valence-corrected chi connectivity index (χ0v) is 12.3. The number of rotatable bonds is 6. The molecule has 1 aromatic carbocycles. The van der Waals surface area contributed by atoms with Crippen molar-refractivity contribution in [3.8, 4) is 5.75 Å². The van der Waals surface area contributed by atoms with Gasteiger partial charge in [0.05, 0.1) is 11.6 Å². The minimum Gasteiger partial charge on any atom is -0.496 e. The summed E-state index contributed by atoms with van der Waals surface area (Å²) >= 11 is 3.37. The molecule has 0 saturated heterocycles. The molecule has 0 heterocycles. The summed E-state index contributed by atoms with van der Waals surface area (Å²) in [6.45, 7) is 2.84. The van der Waals surface area contributed by atoms with Crippen LogP contribution in [0.3, 0.4) is 0 Å². The Hall–Kier alpha value is -1.23. The van der Waals surface area contributed by atoms with Gasteiger partial charge in [-0.25, -0.2) is 4.79 Å². The molecule has 0 fully saturated rings. The van der Waals surface area contributed by atoms with Gasteiger partial charge in [-0.3, -0.25) is 0 Å². The van der Waals surface area contributed by atoms with E-state index >= 15 is 0 Å². The zero-order chi connectivity index (χ0) is 13.4. The van der Waals surface area contributed by atoms with Gasteiger partial charge in [0.1, 0.15) is 5.75 Å². The first kappa shape index (κ1) is 14.8. The van der Waals surface area contributed by atoms with Gasteiger partial charge in [-0.1, -0.05) is 19.8 Å². The van der Waals surface area contributed by atoms with E-state index in [1.54, 1.807) is 19.2 Å². The normalized spacial score (nSPS) is 9.94. The number of carbonyl (C=O) groups excluding carboxylic acids is 1. The number of amides is 2. The molecular weight excluding hydrogens is 296 g/mol. The van der Waals surface area contributed by atoms with Gasteiger partial charge in [-0.15, -0.1) is 0 Å². The van der Waals surface area contributed by atoms with Crippen molar-refractivity contribution in [3.05, 3.63) is 22.7 Å². The molecule has 0 aliphatic rings. The zero-order valence-electron chi connectivity index (χ0n) is 10.8.